The molecule has 0 radical (unpaired) electrons. The molecule has 43 heavy (non-hydrogen) atoms. The molecule has 7 nitrogen and oxygen atoms in total. The van der Waals surface area contributed by atoms with Gasteiger partial charge in [0.05, 0.1) is 21.9 Å². The molecule has 2 aliphatic carbocycles. The first-order chi connectivity index (χ1) is 20.8. The van der Waals surface area contributed by atoms with E-state index in [1.165, 1.54) is 29.8 Å². The Morgan fingerprint density at radius 2 is 1.81 bits per heavy atom. The van der Waals surface area contributed by atoms with Gasteiger partial charge < -0.3 is 20.1 Å². The van der Waals surface area contributed by atoms with Crippen LogP contribution in [0.4, 0.5) is 10.2 Å². The second kappa shape index (κ2) is 11.3. The zero-order valence-corrected chi connectivity index (χ0v) is 25.4. The van der Waals surface area contributed by atoms with E-state index < -0.39 is 5.82 Å². The van der Waals surface area contributed by atoms with Gasteiger partial charge in [-0.25, -0.2) is 9.07 Å². The molecule has 3 aromatic carbocycles. The normalized spacial score (nSPS) is 17.0. The third kappa shape index (κ3) is 5.59. The number of carbonyl (C=O) groups is 1. The van der Waals surface area contributed by atoms with Crippen LogP contribution in [0.3, 0.4) is 0 Å². The molecule has 0 amide bonds. The number of nitrogen functional groups attached to an aromatic ring is 1. The number of nitrogens with zero attached hydrogens (tertiary/aromatic N) is 3. The average molecular weight is 644 g/mol. The van der Waals surface area contributed by atoms with Gasteiger partial charge in [0.15, 0.2) is 17.3 Å². The van der Waals surface area contributed by atoms with Crippen LogP contribution in [0.2, 0.25) is 0 Å². The lowest BCUT2D eigenvalue weighted by Crippen LogP contribution is -2.39. The summed E-state index contributed by atoms with van der Waals surface area (Å²) in [5.74, 6) is 1.15. The van der Waals surface area contributed by atoms with E-state index in [2.05, 4.69) is 32.0 Å². The number of carbonyl (C=O) groups excluding carboxylic acids is 1. The molecular weight excluding hydrogens is 611 g/mol. The van der Waals surface area contributed by atoms with Crippen molar-refractivity contribution in [1.29, 1.82) is 0 Å². The van der Waals surface area contributed by atoms with Crippen LogP contribution in [0, 0.1) is 12.7 Å². The van der Waals surface area contributed by atoms with Crippen LogP contribution in [0.5, 0.6) is 17.2 Å². The number of allylic oxidation sites excluding steroid dienone is 1. The number of aromatic nitrogens is 2. The highest BCUT2D eigenvalue weighted by atomic mass is 79.9. The van der Waals surface area contributed by atoms with Gasteiger partial charge in [-0.15, -0.1) is 0 Å². The van der Waals surface area contributed by atoms with Crippen LogP contribution in [-0.2, 0) is 6.42 Å². The molecule has 220 valence electrons. The molecule has 2 fully saturated rings. The second-order valence-electron chi connectivity index (χ2n) is 11.6. The first-order valence-electron chi connectivity index (χ1n) is 14.7. The molecule has 0 unspecified atom stereocenters. The molecule has 0 bridgehead atoms. The van der Waals surface area contributed by atoms with Crippen molar-refractivity contribution < 1.29 is 18.7 Å². The van der Waals surface area contributed by atoms with E-state index in [1.54, 1.807) is 30.3 Å². The van der Waals surface area contributed by atoms with Gasteiger partial charge in [-0.3, -0.25) is 4.79 Å². The van der Waals surface area contributed by atoms with E-state index >= 15 is 0 Å². The number of aryl methyl sites for hydroxylation is 1. The molecule has 9 heteroatoms. The molecule has 1 aliphatic heterocycles. The summed E-state index contributed by atoms with van der Waals surface area (Å²) < 4.78 is 28.7. The number of nitrogens with two attached hydrogens (primary N) is 1. The molecule has 0 spiro atoms. The molecule has 0 atom stereocenters. The molecule has 4 aromatic rings. The zero-order valence-electron chi connectivity index (χ0n) is 23.9. The second-order valence-corrected chi connectivity index (χ2v) is 12.4. The fourth-order valence-corrected chi connectivity index (χ4v) is 6.48. The molecule has 7 rings (SSSR count). The Morgan fingerprint density at radius 3 is 2.56 bits per heavy atom. The summed E-state index contributed by atoms with van der Waals surface area (Å²) in [5.41, 5.74) is 11.0. The van der Waals surface area contributed by atoms with Crippen molar-refractivity contribution in [2.45, 2.75) is 51.2 Å². The number of hydrogen-bond donors (Lipinski definition) is 1. The van der Waals surface area contributed by atoms with Crippen LogP contribution in [0.15, 0.2) is 70.8 Å². The summed E-state index contributed by atoms with van der Waals surface area (Å²) >= 11 is 3.69. The number of anilines is 1. The van der Waals surface area contributed by atoms with Gasteiger partial charge in [0.1, 0.15) is 23.4 Å². The summed E-state index contributed by atoms with van der Waals surface area (Å²) in [4.78, 5) is 16.2. The maximum atomic E-state index is 14.1. The summed E-state index contributed by atoms with van der Waals surface area (Å²) in [6.45, 7) is 4.05. The van der Waals surface area contributed by atoms with E-state index in [0.29, 0.717) is 29.0 Å². The Labute approximate surface area is 258 Å². The van der Waals surface area contributed by atoms with Gasteiger partial charge in [0.2, 0.25) is 0 Å². The van der Waals surface area contributed by atoms with Crippen molar-refractivity contribution in [3.05, 3.63) is 98.9 Å². The lowest BCUT2D eigenvalue weighted by atomic mass is 10.0. The highest BCUT2D eigenvalue weighted by Crippen LogP contribution is 2.38. The number of fused-ring (bicyclic) bond motifs is 1. The maximum Gasteiger partial charge on any atom is 0.194 e. The summed E-state index contributed by atoms with van der Waals surface area (Å²) in [5, 5.41) is 4.42. The minimum atomic E-state index is -0.436. The van der Waals surface area contributed by atoms with Gasteiger partial charge in [0.25, 0.3) is 0 Å². The first kappa shape index (κ1) is 27.9. The minimum Gasteiger partial charge on any atom is -0.489 e. The highest BCUT2D eigenvalue weighted by Gasteiger charge is 2.33. The number of halogens is 2. The third-order valence-electron chi connectivity index (χ3n) is 8.54. The van der Waals surface area contributed by atoms with Crippen LogP contribution in [0.1, 0.15) is 52.7 Å². The van der Waals surface area contributed by atoms with E-state index in [1.807, 2.05) is 25.1 Å². The van der Waals surface area contributed by atoms with Gasteiger partial charge in [-0.2, -0.15) is 5.10 Å². The Morgan fingerprint density at radius 1 is 1.02 bits per heavy atom. The third-order valence-corrected chi connectivity index (χ3v) is 9.16. The van der Waals surface area contributed by atoms with E-state index in [0.717, 1.165) is 58.9 Å². The Kier molecular flexibility index (Phi) is 7.31. The standard InChI is InChI=1S/C34H32BrFN4O3/c1-20-14-25(8-9-30(20)43-31-5-3-2-4-29(31)36)40-34(37)27(19-38-40)33(41)23-15-21-17-28(35)32(18-22(21)16-23)42-26-10-12-39(13-11-26)24-6-7-24/h2-5,8-9,14,16-19,24,26H,6-7,10-13,15,37H2,1H3. The van der Waals surface area contributed by atoms with Crippen molar-refractivity contribution in [3.63, 3.8) is 0 Å². The van der Waals surface area contributed by atoms with Crippen LogP contribution < -0.4 is 15.2 Å². The van der Waals surface area contributed by atoms with Gasteiger partial charge in [-0.05, 0) is 114 Å². The number of rotatable bonds is 8. The highest BCUT2D eigenvalue weighted by molar-refractivity contribution is 9.10. The monoisotopic (exact) mass is 642 g/mol. The Balaban J connectivity index is 1.06. The summed E-state index contributed by atoms with van der Waals surface area (Å²) in [6.07, 6.45) is 8.89. The minimum absolute atomic E-state index is 0.149. The van der Waals surface area contributed by atoms with E-state index in [4.69, 9.17) is 15.2 Å². The fraction of sp³-hybridized carbons (Fsp3) is 0.294. The van der Waals surface area contributed by atoms with Gasteiger partial charge in [0, 0.05) is 31.1 Å². The Hall–Kier alpha value is -3.95. The summed E-state index contributed by atoms with van der Waals surface area (Å²) in [6, 6.07) is 16.5. The van der Waals surface area contributed by atoms with Gasteiger partial charge in [-0.1, -0.05) is 12.1 Å². The van der Waals surface area contributed by atoms with Crippen molar-refractivity contribution in [2.75, 3.05) is 18.8 Å². The molecule has 2 heterocycles. The zero-order chi connectivity index (χ0) is 29.7. The van der Waals surface area contributed by atoms with Crippen LogP contribution in [0.25, 0.3) is 11.8 Å². The van der Waals surface area contributed by atoms with E-state index in [-0.39, 0.29) is 23.5 Å². The number of para-hydroxylation sites is 1. The molecular formula is C34H32BrFN4O3. The molecule has 1 saturated carbocycles. The van der Waals surface area contributed by atoms with E-state index in [9.17, 15) is 9.18 Å². The topological polar surface area (TPSA) is 82.6 Å². The van der Waals surface area contributed by atoms with Crippen molar-refractivity contribution in [2.24, 2.45) is 0 Å². The number of ether oxygens (including phenoxy) is 2. The van der Waals surface area contributed by atoms with Crippen LogP contribution in [-0.4, -0.2) is 45.7 Å². The predicted octanol–water partition coefficient (Wildman–Crippen LogP) is 7.28. The first-order valence-corrected chi connectivity index (χ1v) is 15.5. The summed E-state index contributed by atoms with van der Waals surface area (Å²) in [7, 11) is 0. The van der Waals surface area contributed by atoms with Crippen molar-refractivity contribution in [1.82, 2.24) is 14.7 Å². The number of likely N-dealkylation sites (tertiary alicyclic amines) is 1. The number of piperidine rings is 1. The SMILES string of the molecule is Cc1cc(-n2ncc(C(=O)C3=Cc4cc(OC5CCN(C6CC6)CC5)c(Br)cc4C3)c2N)ccc1Oc1ccccc1F. The van der Waals surface area contributed by atoms with Gasteiger partial charge >= 0.3 is 0 Å². The Bertz CT molecular complexity index is 1750. The lowest BCUT2D eigenvalue weighted by molar-refractivity contribution is 0.0959. The average Bonchev–Trinajstić information content (AvgIpc) is 3.66. The smallest absolute Gasteiger partial charge is 0.194 e. The maximum absolute atomic E-state index is 14.1. The fourth-order valence-electron chi connectivity index (χ4n) is 5.99. The molecule has 2 N–H and O–H groups in total. The van der Waals surface area contributed by atoms with Crippen molar-refractivity contribution >= 4 is 33.6 Å². The quantitative estimate of drug-likeness (QED) is 0.203. The largest absolute Gasteiger partial charge is 0.489 e. The molecule has 1 aromatic heterocycles. The number of hydrogen-bond acceptors (Lipinski definition) is 6. The molecule has 1 saturated heterocycles. The predicted molar refractivity (Wildman–Crippen MR) is 168 cm³/mol. The molecule has 3 aliphatic rings. The van der Waals surface area contributed by atoms with Crippen LogP contribution >= 0.6 is 15.9 Å². The number of benzene rings is 3. The number of ketones is 1. The van der Waals surface area contributed by atoms with Crippen molar-refractivity contribution in [3.8, 4) is 22.9 Å². The lowest BCUT2D eigenvalue weighted by Gasteiger charge is -2.32. The number of Topliss-reactive ketones (excluding diaryl/α,β-unsaturated/α-hetero) is 1.